The topological polar surface area (TPSA) is 132 Å². The molecule has 0 atom stereocenters. The minimum atomic E-state index is -3.71. The molecule has 1 aromatic carbocycles. The average molecular weight is 370 g/mol. The lowest BCUT2D eigenvalue weighted by molar-refractivity contribution is 0.597. The third-order valence-corrected chi connectivity index (χ3v) is 5.26. The van der Waals surface area contributed by atoms with E-state index in [0.29, 0.717) is 18.8 Å². The van der Waals surface area contributed by atoms with E-state index in [1.165, 1.54) is 18.3 Å². The van der Waals surface area contributed by atoms with E-state index < -0.39 is 19.9 Å². The number of benzene rings is 1. The Morgan fingerprint density at radius 1 is 1.12 bits per heavy atom. The van der Waals surface area contributed by atoms with Crippen LogP contribution in [0.2, 0.25) is 0 Å². The number of nitrogens with two attached hydrogens (primary N) is 1. The molecule has 0 amide bonds. The number of sulfone groups is 1. The molecular formula is C14H18N4O4S2. The van der Waals surface area contributed by atoms with Gasteiger partial charge in [0.25, 0.3) is 0 Å². The summed E-state index contributed by atoms with van der Waals surface area (Å²) in [5.41, 5.74) is 0.876. The van der Waals surface area contributed by atoms with Gasteiger partial charge in [-0.25, -0.2) is 31.9 Å². The van der Waals surface area contributed by atoms with E-state index in [2.05, 4.69) is 15.3 Å². The number of hydrogen-bond acceptors (Lipinski definition) is 7. The summed E-state index contributed by atoms with van der Waals surface area (Å²) in [7, 11) is -7.14. The van der Waals surface area contributed by atoms with Gasteiger partial charge in [0.2, 0.25) is 10.0 Å². The number of nitrogens with one attached hydrogen (secondary N) is 1. The molecule has 1 aromatic heterocycles. The number of nitrogens with zero attached hydrogens (tertiary/aromatic N) is 2. The van der Waals surface area contributed by atoms with Crippen LogP contribution in [-0.2, 0) is 26.3 Å². The van der Waals surface area contributed by atoms with Crippen molar-refractivity contribution in [1.29, 1.82) is 0 Å². The molecule has 0 aliphatic heterocycles. The summed E-state index contributed by atoms with van der Waals surface area (Å²) in [6.07, 6.45) is 2.93. The molecule has 0 fully saturated rings. The van der Waals surface area contributed by atoms with Gasteiger partial charge < -0.3 is 5.32 Å². The molecule has 2 aromatic rings. The number of hydrogen-bond donors (Lipinski definition) is 2. The van der Waals surface area contributed by atoms with E-state index in [0.717, 1.165) is 11.8 Å². The molecule has 8 nitrogen and oxygen atoms in total. The zero-order valence-electron chi connectivity index (χ0n) is 13.2. The lowest BCUT2D eigenvalue weighted by Crippen LogP contribution is -2.13. The van der Waals surface area contributed by atoms with Crippen molar-refractivity contribution in [1.82, 2.24) is 9.97 Å². The fourth-order valence-electron chi connectivity index (χ4n) is 2.03. The molecule has 0 unspecified atom stereocenters. The van der Waals surface area contributed by atoms with Crippen LogP contribution in [0.4, 0.5) is 5.82 Å². The van der Waals surface area contributed by atoms with E-state index >= 15 is 0 Å². The third kappa shape index (κ3) is 4.73. The van der Waals surface area contributed by atoms with Gasteiger partial charge in [0.15, 0.2) is 9.84 Å². The highest BCUT2D eigenvalue weighted by Gasteiger charge is 2.15. The summed E-state index contributed by atoms with van der Waals surface area (Å²) in [6.45, 7) is 2.09. The maximum Gasteiger partial charge on any atom is 0.238 e. The van der Waals surface area contributed by atoms with Gasteiger partial charge in [-0.2, -0.15) is 0 Å². The van der Waals surface area contributed by atoms with Crippen LogP contribution in [0.5, 0.6) is 0 Å². The normalized spacial score (nSPS) is 12.1. The van der Waals surface area contributed by atoms with Crippen LogP contribution in [0.1, 0.15) is 11.4 Å². The summed E-state index contributed by atoms with van der Waals surface area (Å²) in [4.78, 5) is 8.11. The first-order chi connectivity index (χ1) is 11.1. The molecule has 130 valence electrons. The van der Waals surface area contributed by atoms with Crippen molar-refractivity contribution in [2.75, 3.05) is 18.1 Å². The van der Waals surface area contributed by atoms with Gasteiger partial charge in [0.05, 0.1) is 11.1 Å². The summed E-state index contributed by atoms with van der Waals surface area (Å²) in [5.74, 6) is 0.716. The molecule has 0 aliphatic carbocycles. The predicted molar refractivity (Wildman–Crippen MR) is 89.9 cm³/mol. The predicted octanol–water partition coefficient (Wildman–Crippen LogP) is 0.491. The highest BCUT2D eigenvalue weighted by atomic mass is 32.2. The van der Waals surface area contributed by atoms with Crippen molar-refractivity contribution in [3.8, 4) is 0 Å². The highest BCUT2D eigenvalue weighted by Crippen LogP contribution is 2.18. The van der Waals surface area contributed by atoms with Crippen LogP contribution in [0.25, 0.3) is 0 Å². The highest BCUT2D eigenvalue weighted by molar-refractivity contribution is 7.90. The van der Waals surface area contributed by atoms with Gasteiger partial charge in [-0.15, -0.1) is 0 Å². The van der Waals surface area contributed by atoms with Crippen LogP contribution in [-0.4, -0.2) is 39.6 Å². The summed E-state index contributed by atoms with van der Waals surface area (Å²) < 4.78 is 45.9. The Morgan fingerprint density at radius 3 is 2.29 bits per heavy atom. The van der Waals surface area contributed by atoms with Gasteiger partial charge in [-0.05, 0) is 31.0 Å². The van der Waals surface area contributed by atoms with Gasteiger partial charge in [-0.3, -0.25) is 0 Å². The van der Waals surface area contributed by atoms with Crippen LogP contribution < -0.4 is 10.5 Å². The maximum atomic E-state index is 11.7. The average Bonchev–Trinajstić information content (AvgIpc) is 2.45. The largest absolute Gasteiger partial charge is 0.369 e. The van der Waals surface area contributed by atoms with Crippen molar-refractivity contribution < 1.29 is 16.8 Å². The first-order valence-corrected chi connectivity index (χ1v) is 10.4. The summed E-state index contributed by atoms with van der Waals surface area (Å²) in [6, 6.07) is 6.18. The first kappa shape index (κ1) is 18.3. The SMILES string of the molecule is Cc1ncc(S(C)(=O)=O)c(NCCc2ccc(S(N)(=O)=O)cc2)n1. The van der Waals surface area contributed by atoms with Crippen molar-refractivity contribution in [3.63, 3.8) is 0 Å². The maximum absolute atomic E-state index is 11.7. The van der Waals surface area contributed by atoms with Gasteiger partial charge in [0, 0.05) is 12.8 Å². The Labute approximate surface area is 141 Å². The summed E-state index contributed by atoms with van der Waals surface area (Å²) >= 11 is 0. The molecule has 2 rings (SSSR count). The van der Waals surface area contributed by atoms with Crippen LogP contribution >= 0.6 is 0 Å². The van der Waals surface area contributed by atoms with Crippen molar-refractivity contribution in [2.45, 2.75) is 23.1 Å². The van der Waals surface area contributed by atoms with Crippen molar-refractivity contribution in [2.24, 2.45) is 5.14 Å². The molecule has 0 saturated carbocycles. The Bertz CT molecular complexity index is 939. The van der Waals surface area contributed by atoms with Gasteiger partial charge in [0.1, 0.15) is 16.5 Å². The van der Waals surface area contributed by atoms with Crippen molar-refractivity contribution in [3.05, 3.63) is 41.9 Å². The molecule has 3 N–H and O–H groups in total. The monoisotopic (exact) mass is 370 g/mol. The Morgan fingerprint density at radius 2 is 1.75 bits per heavy atom. The number of primary sulfonamides is 1. The first-order valence-electron chi connectivity index (χ1n) is 6.97. The molecule has 10 heteroatoms. The second-order valence-electron chi connectivity index (χ2n) is 5.27. The number of anilines is 1. The zero-order valence-corrected chi connectivity index (χ0v) is 14.9. The van der Waals surface area contributed by atoms with Crippen LogP contribution in [0.3, 0.4) is 0 Å². The zero-order chi connectivity index (χ0) is 18.0. The summed E-state index contributed by atoms with van der Waals surface area (Å²) in [5, 5.41) is 8.02. The second kappa shape index (κ2) is 6.83. The quantitative estimate of drug-likeness (QED) is 0.756. The minimum Gasteiger partial charge on any atom is -0.369 e. The smallest absolute Gasteiger partial charge is 0.238 e. The Hall–Kier alpha value is -2.04. The third-order valence-electron chi connectivity index (χ3n) is 3.23. The van der Waals surface area contributed by atoms with Crippen LogP contribution in [0.15, 0.2) is 40.3 Å². The molecule has 0 aliphatic rings. The number of rotatable bonds is 6. The van der Waals surface area contributed by atoms with Gasteiger partial charge >= 0.3 is 0 Å². The number of aryl methyl sites for hydroxylation is 1. The van der Waals surface area contributed by atoms with Crippen molar-refractivity contribution >= 4 is 25.7 Å². The molecule has 0 saturated heterocycles. The molecule has 0 bridgehead atoms. The fraction of sp³-hybridized carbons (Fsp3) is 0.286. The van der Waals surface area contributed by atoms with E-state index in [1.807, 2.05) is 0 Å². The molecule has 0 spiro atoms. The standard InChI is InChI=1S/C14H18N4O4S2/c1-10-17-9-13(23(2,19)20)14(18-10)16-8-7-11-3-5-12(6-4-11)24(15,21)22/h3-6,9H,7-8H2,1-2H3,(H2,15,21,22)(H,16,17,18). The van der Waals surface area contributed by atoms with Gasteiger partial charge in [-0.1, -0.05) is 12.1 Å². The van der Waals surface area contributed by atoms with E-state index in [4.69, 9.17) is 5.14 Å². The number of sulfonamides is 1. The van der Waals surface area contributed by atoms with E-state index in [-0.39, 0.29) is 15.6 Å². The molecule has 24 heavy (non-hydrogen) atoms. The lowest BCUT2D eigenvalue weighted by atomic mass is 10.1. The second-order valence-corrected chi connectivity index (χ2v) is 8.81. The Kier molecular flexibility index (Phi) is 5.21. The van der Waals surface area contributed by atoms with Crippen LogP contribution in [0, 0.1) is 6.92 Å². The molecular weight excluding hydrogens is 352 g/mol. The Balaban J connectivity index is 2.09. The fourth-order valence-corrected chi connectivity index (χ4v) is 3.26. The van der Waals surface area contributed by atoms with E-state index in [1.54, 1.807) is 19.1 Å². The van der Waals surface area contributed by atoms with E-state index in [9.17, 15) is 16.8 Å². The molecule has 0 radical (unpaired) electrons. The number of aromatic nitrogens is 2. The lowest BCUT2D eigenvalue weighted by Gasteiger charge is -2.10. The molecule has 1 heterocycles. The minimum absolute atomic E-state index is 0.0395.